The van der Waals surface area contributed by atoms with Crippen LogP contribution in [0.1, 0.15) is 51.9 Å². The van der Waals surface area contributed by atoms with Crippen LogP contribution in [0.25, 0.3) is 0 Å². The average Bonchev–Trinajstić information content (AvgIpc) is 3.36. The Morgan fingerprint density at radius 3 is 2.32 bits per heavy atom. The number of carbonyl (C=O) groups excluding carboxylic acids is 3. The molecule has 1 amide bonds. The van der Waals surface area contributed by atoms with E-state index in [0.29, 0.717) is 22.5 Å². The van der Waals surface area contributed by atoms with Gasteiger partial charge in [0.1, 0.15) is 12.3 Å². The Bertz CT molecular complexity index is 703. The van der Waals surface area contributed by atoms with Gasteiger partial charge in [-0.15, -0.1) is 0 Å². The van der Waals surface area contributed by atoms with E-state index in [2.05, 4.69) is 0 Å². The highest BCUT2D eigenvalue weighted by molar-refractivity contribution is 6.06. The van der Waals surface area contributed by atoms with Gasteiger partial charge in [-0.05, 0) is 39.2 Å². The fourth-order valence-electron chi connectivity index (χ4n) is 3.35. The molecule has 138 valence electrons. The van der Waals surface area contributed by atoms with Gasteiger partial charge in [-0.2, -0.15) is 0 Å². The topological polar surface area (TPSA) is 77.8 Å². The van der Waals surface area contributed by atoms with Crippen molar-refractivity contribution >= 4 is 17.7 Å². The molecule has 7 nitrogen and oxygen atoms in total. The lowest BCUT2D eigenvalue weighted by Crippen LogP contribution is -2.46. The molecule has 1 atom stereocenters. The van der Waals surface area contributed by atoms with E-state index < -0.39 is 12.0 Å². The molecule has 0 unspecified atom stereocenters. The summed E-state index contributed by atoms with van der Waals surface area (Å²) in [7, 11) is 4.50. The van der Waals surface area contributed by atoms with E-state index in [4.69, 9.17) is 9.47 Å². The highest BCUT2D eigenvalue weighted by atomic mass is 16.5. The molecule has 2 rings (SSSR count). The van der Waals surface area contributed by atoms with Gasteiger partial charge in [0, 0.05) is 31.5 Å². The van der Waals surface area contributed by atoms with Crippen LogP contribution in [0.5, 0.6) is 0 Å². The monoisotopic (exact) mass is 350 g/mol. The van der Waals surface area contributed by atoms with E-state index >= 15 is 0 Å². The third-order valence-electron chi connectivity index (χ3n) is 4.85. The van der Waals surface area contributed by atoms with Crippen LogP contribution in [0.2, 0.25) is 0 Å². The van der Waals surface area contributed by atoms with Crippen LogP contribution < -0.4 is 0 Å². The molecule has 1 aliphatic rings. The van der Waals surface area contributed by atoms with E-state index in [-0.39, 0.29) is 24.3 Å². The molecule has 1 aliphatic carbocycles. The maximum atomic E-state index is 13.1. The number of carbonyl (C=O) groups is 3. The third-order valence-corrected chi connectivity index (χ3v) is 4.85. The predicted molar refractivity (Wildman–Crippen MR) is 91.8 cm³/mol. The molecule has 0 aromatic carbocycles. The number of ketones is 1. The summed E-state index contributed by atoms with van der Waals surface area (Å²) in [6.07, 6.45) is 1.79. The summed E-state index contributed by atoms with van der Waals surface area (Å²) in [6, 6.07) is -0.522. The van der Waals surface area contributed by atoms with Crippen LogP contribution in [0.3, 0.4) is 0 Å². The summed E-state index contributed by atoms with van der Waals surface area (Å²) < 4.78 is 11.4. The lowest BCUT2D eigenvalue weighted by atomic mass is 9.99. The summed E-state index contributed by atoms with van der Waals surface area (Å²) in [4.78, 5) is 39.2. The predicted octanol–water partition coefficient (Wildman–Crippen LogP) is 1.64. The zero-order valence-electron chi connectivity index (χ0n) is 15.7. The Hall–Kier alpha value is -2.15. The van der Waals surface area contributed by atoms with Crippen molar-refractivity contribution in [3.63, 3.8) is 0 Å². The van der Waals surface area contributed by atoms with Crippen molar-refractivity contribution in [3.05, 3.63) is 22.5 Å². The fourth-order valence-corrected chi connectivity index (χ4v) is 3.35. The average molecular weight is 350 g/mol. The molecule has 25 heavy (non-hydrogen) atoms. The smallest absolute Gasteiger partial charge is 0.354 e. The Morgan fingerprint density at radius 2 is 1.84 bits per heavy atom. The fraction of sp³-hybridized carbons (Fsp3) is 0.611. The molecule has 0 radical (unpaired) electrons. The Balaban J connectivity index is 2.39. The first kappa shape index (κ1) is 19.2. The van der Waals surface area contributed by atoms with Gasteiger partial charge >= 0.3 is 5.97 Å². The number of ether oxygens (including phenoxy) is 2. The van der Waals surface area contributed by atoms with Crippen molar-refractivity contribution in [1.82, 2.24) is 9.47 Å². The summed E-state index contributed by atoms with van der Waals surface area (Å²) in [6.45, 7) is 5.21. The van der Waals surface area contributed by atoms with Crippen LogP contribution in [0, 0.1) is 13.8 Å². The maximum Gasteiger partial charge on any atom is 0.354 e. The van der Waals surface area contributed by atoms with Gasteiger partial charge in [-0.25, -0.2) is 4.79 Å². The SMILES string of the molecule is COCC(=O)N(C1CC1)[C@H](C)C(=O)c1c(C)c(C(=O)OC)n(C)c1C. The highest BCUT2D eigenvalue weighted by Crippen LogP contribution is 2.31. The molecule has 1 saturated carbocycles. The molecule has 1 fully saturated rings. The van der Waals surface area contributed by atoms with E-state index in [1.807, 2.05) is 0 Å². The molecule has 1 aromatic rings. The number of hydrogen-bond donors (Lipinski definition) is 0. The molecule has 0 N–H and O–H groups in total. The first-order chi connectivity index (χ1) is 11.8. The maximum absolute atomic E-state index is 13.1. The second-order valence-corrected chi connectivity index (χ2v) is 6.49. The zero-order valence-corrected chi connectivity index (χ0v) is 15.7. The van der Waals surface area contributed by atoms with E-state index in [1.54, 1.807) is 37.3 Å². The summed E-state index contributed by atoms with van der Waals surface area (Å²) >= 11 is 0. The number of nitrogens with zero attached hydrogens (tertiary/aromatic N) is 2. The van der Waals surface area contributed by atoms with Gasteiger partial charge in [0.25, 0.3) is 0 Å². The molecule has 1 heterocycles. The first-order valence-corrected chi connectivity index (χ1v) is 8.34. The van der Waals surface area contributed by atoms with Gasteiger partial charge in [-0.1, -0.05) is 0 Å². The molecular weight excluding hydrogens is 324 g/mol. The number of amides is 1. The van der Waals surface area contributed by atoms with Gasteiger partial charge in [0.2, 0.25) is 5.91 Å². The van der Waals surface area contributed by atoms with Crippen LogP contribution in [-0.2, 0) is 21.3 Å². The Labute approximate surface area is 147 Å². The minimum Gasteiger partial charge on any atom is -0.464 e. The number of hydrogen-bond acceptors (Lipinski definition) is 5. The second-order valence-electron chi connectivity index (χ2n) is 6.49. The molecule has 0 saturated heterocycles. The first-order valence-electron chi connectivity index (χ1n) is 8.34. The van der Waals surface area contributed by atoms with Crippen molar-refractivity contribution < 1.29 is 23.9 Å². The summed E-state index contributed by atoms with van der Waals surface area (Å²) in [5.74, 6) is -0.841. The van der Waals surface area contributed by atoms with Crippen LogP contribution in [0.15, 0.2) is 0 Å². The van der Waals surface area contributed by atoms with Crippen LogP contribution >= 0.6 is 0 Å². The minimum absolute atomic E-state index is 0.0473. The number of aromatic nitrogens is 1. The molecule has 0 bridgehead atoms. The van der Waals surface area contributed by atoms with Crippen LogP contribution in [-0.4, -0.2) is 60.0 Å². The van der Waals surface area contributed by atoms with Gasteiger partial charge in [0.15, 0.2) is 5.78 Å². The zero-order chi connectivity index (χ0) is 18.9. The van der Waals surface area contributed by atoms with E-state index in [9.17, 15) is 14.4 Å². The normalized spacial score (nSPS) is 15.0. The number of Topliss-reactive ketones (excluding diaryl/α,β-unsaturated/α-hetero) is 1. The summed E-state index contributed by atoms with van der Waals surface area (Å²) in [5, 5.41) is 0. The summed E-state index contributed by atoms with van der Waals surface area (Å²) in [5.41, 5.74) is 2.10. The minimum atomic E-state index is -0.611. The Morgan fingerprint density at radius 1 is 1.24 bits per heavy atom. The van der Waals surface area contributed by atoms with E-state index in [1.165, 1.54) is 14.2 Å². The van der Waals surface area contributed by atoms with Crippen molar-refractivity contribution in [1.29, 1.82) is 0 Å². The molecular formula is C18H26N2O5. The standard InChI is InChI=1S/C18H26N2O5/c1-10-15(11(2)19(4)16(10)18(23)25-6)17(22)12(3)20(13-7-8-13)14(21)9-24-5/h12-13H,7-9H2,1-6H3/t12-/m1/s1. The quantitative estimate of drug-likeness (QED) is 0.552. The Kier molecular flexibility index (Phi) is 5.67. The van der Waals surface area contributed by atoms with Crippen molar-refractivity contribution in [2.75, 3.05) is 20.8 Å². The van der Waals surface area contributed by atoms with Gasteiger partial charge < -0.3 is 18.9 Å². The largest absolute Gasteiger partial charge is 0.464 e. The highest BCUT2D eigenvalue weighted by Gasteiger charge is 2.39. The van der Waals surface area contributed by atoms with Crippen molar-refractivity contribution in [2.45, 2.75) is 45.7 Å². The van der Waals surface area contributed by atoms with Crippen molar-refractivity contribution in [3.8, 4) is 0 Å². The van der Waals surface area contributed by atoms with Crippen LogP contribution in [0.4, 0.5) is 0 Å². The van der Waals surface area contributed by atoms with Gasteiger partial charge in [-0.3, -0.25) is 9.59 Å². The van der Waals surface area contributed by atoms with Gasteiger partial charge in [0.05, 0.1) is 13.2 Å². The number of rotatable bonds is 7. The van der Waals surface area contributed by atoms with E-state index in [0.717, 1.165) is 12.8 Å². The molecule has 0 aliphatic heterocycles. The second kappa shape index (κ2) is 7.39. The molecule has 1 aromatic heterocycles. The third kappa shape index (κ3) is 3.46. The number of methoxy groups -OCH3 is 2. The lowest BCUT2D eigenvalue weighted by Gasteiger charge is -2.28. The number of esters is 1. The molecule has 7 heteroatoms. The lowest BCUT2D eigenvalue weighted by molar-refractivity contribution is -0.137. The molecule has 0 spiro atoms. The van der Waals surface area contributed by atoms with Crippen molar-refractivity contribution in [2.24, 2.45) is 7.05 Å².